The molecule has 2 aliphatic rings. The number of para-hydroxylation sites is 2. The summed E-state index contributed by atoms with van der Waals surface area (Å²) in [5.41, 5.74) is 12.7. The molecule has 6 N–H and O–H groups in total. The van der Waals surface area contributed by atoms with Crippen molar-refractivity contribution in [3.8, 4) is 11.1 Å². The van der Waals surface area contributed by atoms with Crippen LogP contribution in [0.5, 0.6) is 0 Å². The number of nitrogens with one attached hydrogen (secondary N) is 2. The van der Waals surface area contributed by atoms with Crippen LogP contribution in [0, 0.1) is 0 Å². The zero-order chi connectivity index (χ0) is 35.6. The number of aliphatic hydroxyl groups excluding tert-OH is 2. The highest BCUT2D eigenvalue weighted by atomic mass is 16.7. The number of benzene rings is 4. The molecule has 0 spiro atoms. The Morgan fingerprint density at radius 1 is 0.824 bits per heavy atom. The number of nitrogens with two attached hydrogens (primary N) is 1. The number of aliphatic hydroxyl groups is 2. The molecule has 4 atom stereocenters. The lowest BCUT2D eigenvalue weighted by Crippen LogP contribution is -2.42. The maximum atomic E-state index is 12.6. The molecule has 2 aliphatic heterocycles. The number of carbonyl (C=O) groups excluding carboxylic acids is 2. The van der Waals surface area contributed by atoms with Gasteiger partial charge in [0, 0.05) is 44.0 Å². The fourth-order valence-electron chi connectivity index (χ4n) is 6.88. The minimum Gasteiger partial charge on any atom is -0.397 e. The third-order valence-electron chi connectivity index (χ3n) is 9.71. The van der Waals surface area contributed by atoms with Crippen molar-refractivity contribution in [2.45, 2.75) is 76.2 Å². The van der Waals surface area contributed by atoms with E-state index in [1.165, 1.54) is 0 Å². The van der Waals surface area contributed by atoms with Crippen molar-refractivity contribution in [2.24, 2.45) is 0 Å². The van der Waals surface area contributed by atoms with Gasteiger partial charge in [-0.2, -0.15) is 0 Å². The summed E-state index contributed by atoms with van der Waals surface area (Å²) in [6, 6.07) is 31.4. The van der Waals surface area contributed by atoms with Gasteiger partial charge in [0.05, 0.1) is 36.8 Å². The van der Waals surface area contributed by atoms with E-state index in [0.717, 1.165) is 59.3 Å². The third kappa shape index (κ3) is 9.81. The van der Waals surface area contributed by atoms with Crippen molar-refractivity contribution in [3.63, 3.8) is 0 Å². The maximum Gasteiger partial charge on any atom is 0.224 e. The average Bonchev–Trinajstić information content (AvgIpc) is 3.62. The summed E-state index contributed by atoms with van der Waals surface area (Å²) in [6.45, 7) is 2.18. The summed E-state index contributed by atoms with van der Waals surface area (Å²) >= 11 is 0. The highest BCUT2D eigenvalue weighted by Gasteiger charge is 2.35. The summed E-state index contributed by atoms with van der Waals surface area (Å²) in [6.07, 6.45) is 2.77. The van der Waals surface area contributed by atoms with Crippen molar-refractivity contribution >= 4 is 23.2 Å². The molecule has 2 heterocycles. The summed E-state index contributed by atoms with van der Waals surface area (Å²) in [4.78, 5) is 27.2. The molecular formula is C41H48N4O6. The number of rotatable bonds is 14. The number of likely N-dealkylation sites (tertiary alicyclic amines) is 1. The molecule has 0 saturated carbocycles. The Morgan fingerprint density at radius 2 is 1.59 bits per heavy atom. The molecule has 0 aromatic heterocycles. The van der Waals surface area contributed by atoms with Crippen molar-refractivity contribution in [3.05, 3.63) is 119 Å². The second-order valence-electron chi connectivity index (χ2n) is 13.4. The van der Waals surface area contributed by atoms with Crippen LogP contribution in [-0.2, 0) is 32.2 Å². The van der Waals surface area contributed by atoms with E-state index in [1.54, 1.807) is 24.3 Å². The minimum atomic E-state index is -0.587. The summed E-state index contributed by atoms with van der Waals surface area (Å²) in [7, 11) is 0. The third-order valence-corrected chi connectivity index (χ3v) is 9.71. The number of ether oxygens (including phenoxy) is 2. The van der Waals surface area contributed by atoms with Gasteiger partial charge in [-0.05, 0) is 77.9 Å². The first-order valence-electron chi connectivity index (χ1n) is 17.8. The fraction of sp³-hybridized carbons (Fsp3) is 0.366. The van der Waals surface area contributed by atoms with E-state index in [-0.39, 0.29) is 56.1 Å². The Labute approximate surface area is 299 Å². The van der Waals surface area contributed by atoms with E-state index in [2.05, 4.69) is 33.7 Å². The normalized spacial score (nSPS) is 20.6. The van der Waals surface area contributed by atoms with E-state index in [9.17, 15) is 19.8 Å². The molecule has 51 heavy (non-hydrogen) atoms. The highest BCUT2D eigenvalue weighted by Crippen LogP contribution is 2.39. The number of nitrogen functional groups attached to an aromatic ring is 1. The van der Waals surface area contributed by atoms with Crippen molar-refractivity contribution in [1.82, 2.24) is 10.2 Å². The van der Waals surface area contributed by atoms with Crippen LogP contribution in [0.15, 0.2) is 97.1 Å². The molecule has 268 valence electrons. The first kappa shape index (κ1) is 36.2. The van der Waals surface area contributed by atoms with Crippen LogP contribution in [0.4, 0.5) is 11.4 Å². The van der Waals surface area contributed by atoms with Crippen molar-refractivity contribution in [2.75, 3.05) is 30.7 Å². The lowest BCUT2D eigenvalue weighted by atomic mass is 9.98. The van der Waals surface area contributed by atoms with Crippen LogP contribution >= 0.6 is 0 Å². The lowest BCUT2D eigenvalue weighted by molar-refractivity contribution is -0.253. The highest BCUT2D eigenvalue weighted by molar-refractivity contribution is 5.94. The Kier molecular flexibility index (Phi) is 12.5. The van der Waals surface area contributed by atoms with E-state index < -0.39 is 6.29 Å². The number of nitrogens with zero attached hydrogens (tertiary/aromatic N) is 1. The number of hydrogen-bond acceptors (Lipinski definition) is 8. The first-order chi connectivity index (χ1) is 24.9. The van der Waals surface area contributed by atoms with Crippen LogP contribution in [0.2, 0.25) is 0 Å². The van der Waals surface area contributed by atoms with Gasteiger partial charge >= 0.3 is 0 Å². The molecule has 10 nitrogen and oxygen atoms in total. The number of amides is 2. The van der Waals surface area contributed by atoms with Gasteiger partial charge in [-0.25, -0.2) is 0 Å². The minimum absolute atomic E-state index is 0.00968. The molecule has 2 saturated heterocycles. The summed E-state index contributed by atoms with van der Waals surface area (Å²) < 4.78 is 13.2. The van der Waals surface area contributed by atoms with Gasteiger partial charge in [0.1, 0.15) is 0 Å². The lowest BCUT2D eigenvalue weighted by Gasteiger charge is -2.38. The molecule has 10 heteroatoms. The van der Waals surface area contributed by atoms with Gasteiger partial charge in [0.25, 0.3) is 0 Å². The van der Waals surface area contributed by atoms with Crippen LogP contribution in [0.3, 0.4) is 0 Å². The Balaban J connectivity index is 1.08. The Bertz CT molecular complexity index is 1770. The maximum absolute atomic E-state index is 12.6. The molecule has 2 fully saturated rings. The Hall–Kier alpha value is -4.58. The molecule has 0 radical (unpaired) electrons. The van der Waals surface area contributed by atoms with Gasteiger partial charge in [-0.1, -0.05) is 72.8 Å². The predicted octanol–water partition coefficient (Wildman–Crippen LogP) is 5.86. The monoisotopic (exact) mass is 692 g/mol. The Morgan fingerprint density at radius 3 is 2.37 bits per heavy atom. The molecule has 0 aliphatic carbocycles. The molecule has 4 aromatic rings. The zero-order valence-corrected chi connectivity index (χ0v) is 28.9. The molecule has 6 rings (SSSR count). The van der Waals surface area contributed by atoms with Gasteiger partial charge in [-0.3, -0.25) is 14.5 Å². The second kappa shape index (κ2) is 17.6. The standard InChI is InChI=1S/C41H48N4O6/c42-36-12-1-2-13-37(36)44-40(49)15-5-14-39(48)43-24-29-7-3-8-31(21-29)32-9-4-10-33(22-32)41-50-35(25-45-20-6-11-34(45)27-47)23-38(51-41)30-18-16-28(26-46)17-19-30/h1-4,7-10,12-13,16-19,21-22,34-35,38,41,46-47H,5-6,11,14-15,20,23-27,42H2,(H,43,48)(H,44,49). The molecular weight excluding hydrogens is 644 g/mol. The smallest absolute Gasteiger partial charge is 0.224 e. The van der Waals surface area contributed by atoms with Crippen LogP contribution in [0.25, 0.3) is 11.1 Å². The quantitative estimate of drug-likeness (QED) is 0.103. The van der Waals surface area contributed by atoms with Crippen LogP contribution in [0.1, 0.15) is 73.2 Å². The molecule has 0 bridgehead atoms. The van der Waals surface area contributed by atoms with E-state index >= 15 is 0 Å². The van der Waals surface area contributed by atoms with Gasteiger partial charge in [-0.15, -0.1) is 0 Å². The van der Waals surface area contributed by atoms with E-state index in [4.69, 9.17) is 15.2 Å². The molecule has 2 amide bonds. The predicted molar refractivity (Wildman–Crippen MR) is 197 cm³/mol. The number of carbonyl (C=O) groups is 2. The molecule has 4 aromatic carbocycles. The zero-order valence-electron chi connectivity index (χ0n) is 28.9. The van der Waals surface area contributed by atoms with Gasteiger partial charge < -0.3 is 36.1 Å². The summed E-state index contributed by atoms with van der Waals surface area (Å²) in [5.74, 6) is -0.292. The summed E-state index contributed by atoms with van der Waals surface area (Å²) in [5, 5.41) is 25.3. The first-order valence-corrected chi connectivity index (χ1v) is 17.8. The fourth-order valence-corrected chi connectivity index (χ4v) is 6.88. The van der Waals surface area contributed by atoms with Crippen molar-refractivity contribution < 1.29 is 29.3 Å². The van der Waals surface area contributed by atoms with Gasteiger partial charge in [0.15, 0.2) is 6.29 Å². The van der Waals surface area contributed by atoms with E-state index in [1.807, 2.05) is 54.6 Å². The topological polar surface area (TPSA) is 146 Å². The second-order valence-corrected chi connectivity index (χ2v) is 13.4. The van der Waals surface area contributed by atoms with Gasteiger partial charge in [0.2, 0.25) is 11.8 Å². The van der Waals surface area contributed by atoms with Crippen LogP contribution < -0.4 is 16.4 Å². The number of anilines is 2. The SMILES string of the molecule is Nc1ccccc1NC(=O)CCCC(=O)NCc1cccc(-c2cccc(C3OC(CN4CCCC4CO)CC(c4ccc(CO)cc4)O3)c2)c1. The average molecular weight is 693 g/mol. The van der Waals surface area contributed by atoms with E-state index in [0.29, 0.717) is 30.8 Å². The largest absolute Gasteiger partial charge is 0.397 e. The van der Waals surface area contributed by atoms with Crippen LogP contribution in [-0.4, -0.2) is 58.8 Å². The number of hydrogen-bond donors (Lipinski definition) is 5. The molecule has 4 unspecified atom stereocenters. The van der Waals surface area contributed by atoms with Crippen molar-refractivity contribution in [1.29, 1.82) is 0 Å².